The Morgan fingerprint density at radius 3 is 2.57 bits per heavy atom. The van der Waals surface area contributed by atoms with Gasteiger partial charge in [-0.2, -0.15) is 0 Å². The number of fused-ring (bicyclic) bond motifs is 1. The molecule has 0 aliphatic heterocycles. The number of benzene rings is 1. The van der Waals surface area contributed by atoms with E-state index in [1.165, 1.54) is 12.8 Å². The minimum absolute atomic E-state index is 0.0913. The second-order valence-electron chi connectivity index (χ2n) is 6.54. The lowest BCUT2D eigenvalue weighted by molar-refractivity contribution is 0.308. The molecule has 4 heteroatoms. The zero-order valence-corrected chi connectivity index (χ0v) is 13.9. The fourth-order valence-electron chi connectivity index (χ4n) is 3.12. The average molecular weight is 307 g/mol. The number of hydrogen-bond donors (Lipinski definition) is 0. The van der Waals surface area contributed by atoms with Crippen molar-refractivity contribution in [1.29, 1.82) is 0 Å². The molecule has 2 aromatic rings. The van der Waals surface area contributed by atoms with E-state index in [2.05, 4.69) is 24.5 Å². The second kappa shape index (κ2) is 5.20. The molecule has 1 heterocycles. The first-order valence-electron chi connectivity index (χ1n) is 7.65. The van der Waals surface area contributed by atoms with Crippen molar-refractivity contribution in [2.24, 2.45) is 11.3 Å². The SMILES string of the molecule is COc1ccc2c(c1)nc(C(C)Cl)n2CC1(C(C)C)CC1. The molecule has 1 aromatic heterocycles. The van der Waals surface area contributed by atoms with Crippen molar-refractivity contribution in [2.75, 3.05) is 7.11 Å². The van der Waals surface area contributed by atoms with E-state index in [4.69, 9.17) is 21.3 Å². The molecule has 1 aromatic carbocycles. The van der Waals surface area contributed by atoms with Crippen molar-refractivity contribution in [1.82, 2.24) is 9.55 Å². The Hall–Kier alpha value is -1.22. The van der Waals surface area contributed by atoms with Crippen molar-refractivity contribution in [2.45, 2.75) is 45.5 Å². The molecular weight excluding hydrogens is 284 g/mol. The average Bonchev–Trinajstić information content (AvgIpc) is 3.15. The van der Waals surface area contributed by atoms with Gasteiger partial charge in [-0.25, -0.2) is 4.98 Å². The van der Waals surface area contributed by atoms with Crippen LogP contribution >= 0.6 is 11.6 Å². The molecule has 3 rings (SSSR count). The summed E-state index contributed by atoms with van der Waals surface area (Å²) in [5.41, 5.74) is 2.55. The number of hydrogen-bond acceptors (Lipinski definition) is 2. The standard InChI is InChI=1S/C17H23ClN2O/c1-11(2)17(7-8-17)10-20-15-6-5-13(21-4)9-14(15)19-16(20)12(3)18/h5-6,9,11-12H,7-8,10H2,1-4H3. The van der Waals surface area contributed by atoms with Gasteiger partial charge in [0.25, 0.3) is 0 Å². The quantitative estimate of drug-likeness (QED) is 0.743. The smallest absolute Gasteiger partial charge is 0.127 e. The number of nitrogens with zero attached hydrogens (tertiary/aromatic N) is 2. The normalized spacial score (nSPS) is 18.2. The molecule has 1 fully saturated rings. The minimum Gasteiger partial charge on any atom is -0.497 e. The molecule has 0 saturated heterocycles. The van der Waals surface area contributed by atoms with Gasteiger partial charge in [0.2, 0.25) is 0 Å². The molecule has 1 aliphatic carbocycles. The molecule has 21 heavy (non-hydrogen) atoms. The summed E-state index contributed by atoms with van der Waals surface area (Å²) in [4.78, 5) is 4.74. The maximum Gasteiger partial charge on any atom is 0.127 e. The Labute approximate surface area is 131 Å². The van der Waals surface area contributed by atoms with Gasteiger partial charge in [-0.15, -0.1) is 11.6 Å². The molecule has 0 amide bonds. The summed E-state index contributed by atoms with van der Waals surface area (Å²) in [5.74, 6) is 2.49. The van der Waals surface area contributed by atoms with Gasteiger partial charge in [-0.3, -0.25) is 0 Å². The Bertz CT molecular complexity index is 656. The van der Waals surface area contributed by atoms with Gasteiger partial charge in [0.15, 0.2) is 0 Å². The third kappa shape index (κ3) is 2.52. The van der Waals surface area contributed by atoms with Crippen LogP contribution in [0.4, 0.5) is 0 Å². The van der Waals surface area contributed by atoms with Gasteiger partial charge >= 0.3 is 0 Å². The van der Waals surface area contributed by atoms with Crippen molar-refractivity contribution in [3.8, 4) is 5.75 Å². The number of alkyl halides is 1. The highest BCUT2D eigenvalue weighted by atomic mass is 35.5. The van der Waals surface area contributed by atoms with Crippen LogP contribution in [0.25, 0.3) is 11.0 Å². The number of methoxy groups -OCH3 is 1. The summed E-state index contributed by atoms with van der Waals surface area (Å²) >= 11 is 6.37. The summed E-state index contributed by atoms with van der Waals surface area (Å²) in [6.45, 7) is 7.64. The van der Waals surface area contributed by atoms with E-state index in [0.717, 1.165) is 29.2 Å². The van der Waals surface area contributed by atoms with Crippen molar-refractivity contribution in [3.05, 3.63) is 24.0 Å². The van der Waals surface area contributed by atoms with E-state index in [9.17, 15) is 0 Å². The highest BCUT2D eigenvalue weighted by Gasteiger charge is 2.46. The zero-order valence-electron chi connectivity index (χ0n) is 13.2. The first-order valence-corrected chi connectivity index (χ1v) is 8.09. The summed E-state index contributed by atoms with van der Waals surface area (Å²) in [5, 5.41) is -0.0913. The van der Waals surface area contributed by atoms with E-state index in [0.29, 0.717) is 11.3 Å². The lowest BCUT2D eigenvalue weighted by atomic mass is 9.92. The van der Waals surface area contributed by atoms with Crippen LogP contribution in [0.5, 0.6) is 5.75 Å². The summed E-state index contributed by atoms with van der Waals surface area (Å²) in [6.07, 6.45) is 2.60. The van der Waals surface area contributed by atoms with E-state index in [-0.39, 0.29) is 5.38 Å². The van der Waals surface area contributed by atoms with Gasteiger partial charge < -0.3 is 9.30 Å². The monoisotopic (exact) mass is 306 g/mol. The molecule has 1 aliphatic rings. The van der Waals surface area contributed by atoms with Crippen molar-refractivity contribution in [3.63, 3.8) is 0 Å². The van der Waals surface area contributed by atoms with Gasteiger partial charge in [0, 0.05) is 12.6 Å². The Kier molecular flexibility index (Phi) is 3.64. The van der Waals surface area contributed by atoms with E-state index in [1.807, 2.05) is 19.1 Å². The van der Waals surface area contributed by atoms with E-state index in [1.54, 1.807) is 7.11 Å². The highest BCUT2D eigenvalue weighted by Crippen LogP contribution is 2.53. The number of aromatic nitrogens is 2. The fourth-order valence-corrected chi connectivity index (χ4v) is 3.29. The second-order valence-corrected chi connectivity index (χ2v) is 7.20. The first-order chi connectivity index (χ1) is 9.97. The summed E-state index contributed by atoms with van der Waals surface area (Å²) in [7, 11) is 1.68. The lowest BCUT2D eigenvalue weighted by Crippen LogP contribution is -2.19. The van der Waals surface area contributed by atoms with E-state index < -0.39 is 0 Å². The number of rotatable bonds is 5. The van der Waals surface area contributed by atoms with Crippen LogP contribution in [-0.2, 0) is 6.54 Å². The molecule has 1 saturated carbocycles. The summed E-state index contributed by atoms with van der Waals surface area (Å²) < 4.78 is 7.62. The maximum atomic E-state index is 6.37. The van der Waals surface area contributed by atoms with Gasteiger partial charge in [0.1, 0.15) is 11.6 Å². The van der Waals surface area contributed by atoms with Crippen LogP contribution in [0.2, 0.25) is 0 Å². The van der Waals surface area contributed by atoms with Crippen LogP contribution in [0, 0.1) is 11.3 Å². The Morgan fingerprint density at radius 2 is 2.05 bits per heavy atom. The fraction of sp³-hybridized carbons (Fsp3) is 0.588. The molecule has 0 N–H and O–H groups in total. The largest absolute Gasteiger partial charge is 0.497 e. The molecule has 1 unspecified atom stereocenters. The van der Waals surface area contributed by atoms with Crippen LogP contribution in [-0.4, -0.2) is 16.7 Å². The van der Waals surface area contributed by atoms with Gasteiger partial charge in [-0.1, -0.05) is 13.8 Å². The van der Waals surface area contributed by atoms with Crippen LogP contribution in [0.1, 0.15) is 44.8 Å². The minimum atomic E-state index is -0.0913. The Balaban J connectivity index is 2.08. The number of halogens is 1. The molecule has 0 bridgehead atoms. The predicted octanol–water partition coefficient (Wildman–Crippen LogP) is 4.78. The zero-order chi connectivity index (χ0) is 15.2. The Morgan fingerprint density at radius 1 is 1.33 bits per heavy atom. The topological polar surface area (TPSA) is 27.1 Å². The van der Waals surface area contributed by atoms with Gasteiger partial charge in [-0.05, 0) is 43.2 Å². The van der Waals surface area contributed by atoms with Crippen molar-refractivity contribution < 1.29 is 4.74 Å². The summed E-state index contributed by atoms with van der Waals surface area (Å²) in [6, 6.07) is 6.09. The molecule has 0 radical (unpaired) electrons. The van der Waals surface area contributed by atoms with Crippen LogP contribution in [0.15, 0.2) is 18.2 Å². The highest BCUT2D eigenvalue weighted by molar-refractivity contribution is 6.20. The van der Waals surface area contributed by atoms with Crippen molar-refractivity contribution >= 4 is 22.6 Å². The molecular formula is C17H23ClN2O. The van der Waals surface area contributed by atoms with E-state index >= 15 is 0 Å². The lowest BCUT2D eigenvalue weighted by Gasteiger charge is -2.22. The van der Waals surface area contributed by atoms with Gasteiger partial charge in [0.05, 0.1) is 23.5 Å². The van der Waals surface area contributed by atoms with Crippen LogP contribution in [0.3, 0.4) is 0 Å². The van der Waals surface area contributed by atoms with Crippen LogP contribution < -0.4 is 4.74 Å². The predicted molar refractivity (Wildman–Crippen MR) is 87.1 cm³/mol. The molecule has 0 spiro atoms. The molecule has 1 atom stereocenters. The molecule has 3 nitrogen and oxygen atoms in total. The maximum absolute atomic E-state index is 6.37. The third-order valence-corrected chi connectivity index (χ3v) is 5.13. The first kappa shape index (κ1) is 14.7. The molecule has 114 valence electrons. The number of ether oxygens (including phenoxy) is 1. The third-order valence-electron chi connectivity index (χ3n) is 4.93. The number of imidazole rings is 1.